The molecule has 0 bridgehead atoms. The molecule has 6 nitrogen and oxygen atoms in total. The number of nitrogens with zero attached hydrogens (tertiary/aromatic N) is 2. The van der Waals surface area contributed by atoms with Gasteiger partial charge in [-0.1, -0.05) is 31.5 Å². The number of piperazine rings is 1. The minimum Gasteiger partial charge on any atom is -0.494 e. The minimum atomic E-state index is -0.220. The molecule has 2 aromatic rings. The molecule has 2 amide bonds. The maximum Gasteiger partial charge on any atom is 0.255 e. The van der Waals surface area contributed by atoms with Gasteiger partial charge in [-0.15, -0.1) is 0 Å². The lowest BCUT2D eigenvalue weighted by Gasteiger charge is -2.37. The van der Waals surface area contributed by atoms with Crippen LogP contribution < -0.4 is 15.0 Å². The Bertz CT molecular complexity index is 911. The fourth-order valence-corrected chi connectivity index (χ4v) is 3.77. The fraction of sp³-hybridized carbons (Fsp3) is 0.417. The molecule has 0 aliphatic carbocycles. The Balaban J connectivity index is 1.72. The Labute approximate surface area is 189 Å². The number of hydrogen-bond acceptors (Lipinski definition) is 4. The molecular formula is C24H30ClN3O3. The van der Waals surface area contributed by atoms with E-state index in [1.807, 2.05) is 43.0 Å². The molecule has 0 saturated carbocycles. The molecule has 0 atom stereocenters. The first kappa shape index (κ1) is 22.9. The van der Waals surface area contributed by atoms with Crippen LogP contribution in [0.4, 0.5) is 11.4 Å². The van der Waals surface area contributed by atoms with Crippen molar-refractivity contribution in [3.63, 3.8) is 0 Å². The molecule has 1 saturated heterocycles. The molecule has 2 aromatic carbocycles. The average molecular weight is 444 g/mol. The normalized spacial score (nSPS) is 13.8. The Morgan fingerprint density at radius 2 is 1.81 bits per heavy atom. The van der Waals surface area contributed by atoms with Crippen LogP contribution in [0.5, 0.6) is 5.75 Å². The summed E-state index contributed by atoms with van der Waals surface area (Å²) >= 11 is 6.22. The molecular weight excluding hydrogens is 414 g/mol. The van der Waals surface area contributed by atoms with Crippen LogP contribution in [0.25, 0.3) is 0 Å². The van der Waals surface area contributed by atoms with Gasteiger partial charge in [0.1, 0.15) is 5.75 Å². The number of amides is 2. The molecule has 0 spiro atoms. The highest BCUT2D eigenvalue weighted by atomic mass is 35.5. The molecule has 1 fully saturated rings. The van der Waals surface area contributed by atoms with Crippen LogP contribution in [0.3, 0.4) is 0 Å². The van der Waals surface area contributed by atoms with E-state index < -0.39 is 0 Å². The van der Waals surface area contributed by atoms with Gasteiger partial charge in [0.25, 0.3) is 5.91 Å². The summed E-state index contributed by atoms with van der Waals surface area (Å²) in [5, 5.41) is 3.55. The molecule has 1 heterocycles. The predicted octanol–water partition coefficient (Wildman–Crippen LogP) is 4.83. The molecule has 7 heteroatoms. The van der Waals surface area contributed by atoms with Crippen molar-refractivity contribution in [2.75, 3.05) is 43.0 Å². The highest BCUT2D eigenvalue weighted by molar-refractivity contribution is 6.31. The van der Waals surface area contributed by atoms with E-state index in [4.69, 9.17) is 16.3 Å². The number of nitrogens with one attached hydrogen (secondary N) is 1. The van der Waals surface area contributed by atoms with E-state index in [0.29, 0.717) is 61.2 Å². The minimum absolute atomic E-state index is 0.206. The van der Waals surface area contributed by atoms with E-state index in [0.717, 1.165) is 18.5 Å². The fourth-order valence-electron chi connectivity index (χ4n) is 3.59. The number of carbonyl (C=O) groups excluding carboxylic acids is 2. The van der Waals surface area contributed by atoms with E-state index in [2.05, 4.69) is 10.2 Å². The number of halogens is 1. The van der Waals surface area contributed by atoms with Gasteiger partial charge in [-0.3, -0.25) is 9.59 Å². The van der Waals surface area contributed by atoms with Gasteiger partial charge in [0.2, 0.25) is 5.91 Å². The molecule has 1 aliphatic heterocycles. The highest BCUT2D eigenvalue weighted by Crippen LogP contribution is 2.31. The molecule has 166 valence electrons. The molecule has 1 N–H and O–H groups in total. The zero-order valence-electron chi connectivity index (χ0n) is 18.2. The second kappa shape index (κ2) is 11.0. The Hall–Kier alpha value is -2.73. The Kier molecular flexibility index (Phi) is 8.18. The lowest BCUT2D eigenvalue weighted by atomic mass is 10.1. The third-order valence-corrected chi connectivity index (χ3v) is 5.45. The van der Waals surface area contributed by atoms with E-state index in [9.17, 15) is 9.59 Å². The largest absolute Gasteiger partial charge is 0.494 e. The van der Waals surface area contributed by atoms with Gasteiger partial charge in [-0.05, 0) is 49.2 Å². The molecule has 1 aliphatic rings. The van der Waals surface area contributed by atoms with Gasteiger partial charge in [-0.2, -0.15) is 0 Å². The predicted molar refractivity (Wildman–Crippen MR) is 125 cm³/mol. The first-order chi connectivity index (χ1) is 15.0. The summed E-state index contributed by atoms with van der Waals surface area (Å²) in [6.45, 7) is 7.42. The smallest absolute Gasteiger partial charge is 0.255 e. The van der Waals surface area contributed by atoms with Crippen molar-refractivity contribution in [1.82, 2.24) is 4.90 Å². The summed E-state index contributed by atoms with van der Waals surface area (Å²) in [5.41, 5.74) is 2.08. The quantitative estimate of drug-likeness (QED) is 0.634. The second-order valence-electron chi connectivity index (χ2n) is 7.61. The van der Waals surface area contributed by atoms with Gasteiger partial charge >= 0.3 is 0 Å². The molecule has 31 heavy (non-hydrogen) atoms. The summed E-state index contributed by atoms with van der Waals surface area (Å²) in [7, 11) is 0. The third-order valence-electron chi connectivity index (χ3n) is 5.21. The average Bonchev–Trinajstić information content (AvgIpc) is 2.78. The maximum absolute atomic E-state index is 12.9. The molecule has 0 unspecified atom stereocenters. The molecule has 3 rings (SSSR count). The van der Waals surface area contributed by atoms with Crippen molar-refractivity contribution in [3.8, 4) is 5.75 Å². The van der Waals surface area contributed by atoms with Gasteiger partial charge in [-0.25, -0.2) is 0 Å². The SMILES string of the molecule is CCCOc1cccc(C(=O)Nc2cc(Cl)ccc2N2CCN(C(=O)CCC)CC2)c1. The molecule has 0 aromatic heterocycles. The molecule has 0 radical (unpaired) electrons. The summed E-state index contributed by atoms with van der Waals surface area (Å²) in [6, 6.07) is 12.7. The van der Waals surface area contributed by atoms with E-state index in [-0.39, 0.29) is 11.8 Å². The topological polar surface area (TPSA) is 61.9 Å². The van der Waals surface area contributed by atoms with Crippen LogP contribution in [0.2, 0.25) is 5.02 Å². The van der Waals surface area contributed by atoms with Crippen molar-refractivity contribution in [3.05, 3.63) is 53.1 Å². The number of rotatable bonds is 8. The number of carbonyl (C=O) groups is 2. The van der Waals surface area contributed by atoms with Crippen LogP contribution in [-0.2, 0) is 4.79 Å². The standard InChI is InChI=1S/C24H30ClN3O3/c1-3-6-23(29)28-13-11-27(12-14-28)22-10-9-19(25)17-21(22)26-24(30)18-7-5-8-20(16-18)31-15-4-2/h5,7-10,16-17H,3-4,6,11-15H2,1-2H3,(H,26,30). The van der Waals surface area contributed by atoms with Crippen molar-refractivity contribution in [2.45, 2.75) is 33.1 Å². The lowest BCUT2D eigenvalue weighted by molar-refractivity contribution is -0.131. The Morgan fingerprint density at radius 1 is 1.03 bits per heavy atom. The maximum atomic E-state index is 12.9. The third kappa shape index (κ3) is 6.14. The van der Waals surface area contributed by atoms with E-state index >= 15 is 0 Å². The van der Waals surface area contributed by atoms with Crippen LogP contribution in [-0.4, -0.2) is 49.5 Å². The number of benzene rings is 2. The van der Waals surface area contributed by atoms with Crippen LogP contribution in [0.1, 0.15) is 43.5 Å². The highest BCUT2D eigenvalue weighted by Gasteiger charge is 2.23. The van der Waals surface area contributed by atoms with Crippen molar-refractivity contribution in [2.24, 2.45) is 0 Å². The van der Waals surface area contributed by atoms with Gasteiger partial charge in [0.05, 0.1) is 18.0 Å². The number of hydrogen-bond donors (Lipinski definition) is 1. The van der Waals surface area contributed by atoms with Gasteiger partial charge in [0.15, 0.2) is 0 Å². The monoisotopic (exact) mass is 443 g/mol. The summed E-state index contributed by atoms with van der Waals surface area (Å²) in [4.78, 5) is 29.2. The van der Waals surface area contributed by atoms with E-state index in [1.165, 1.54) is 0 Å². The zero-order chi connectivity index (χ0) is 22.2. The second-order valence-corrected chi connectivity index (χ2v) is 8.05. The van der Waals surface area contributed by atoms with Crippen LogP contribution in [0, 0.1) is 0 Å². The first-order valence-electron chi connectivity index (χ1n) is 10.9. The number of ether oxygens (including phenoxy) is 1. The summed E-state index contributed by atoms with van der Waals surface area (Å²) in [5.74, 6) is 0.660. The van der Waals surface area contributed by atoms with Crippen LogP contribution >= 0.6 is 11.6 Å². The Morgan fingerprint density at radius 3 is 2.52 bits per heavy atom. The van der Waals surface area contributed by atoms with Crippen molar-refractivity contribution in [1.29, 1.82) is 0 Å². The summed E-state index contributed by atoms with van der Waals surface area (Å²) < 4.78 is 5.64. The zero-order valence-corrected chi connectivity index (χ0v) is 19.0. The van der Waals surface area contributed by atoms with Crippen LogP contribution in [0.15, 0.2) is 42.5 Å². The van der Waals surface area contributed by atoms with Gasteiger partial charge < -0.3 is 19.9 Å². The van der Waals surface area contributed by atoms with Crippen molar-refractivity contribution >= 4 is 34.8 Å². The van der Waals surface area contributed by atoms with Gasteiger partial charge in [0, 0.05) is 43.2 Å². The van der Waals surface area contributed by atoms with E-state index in [1.54, 1.807) is 18.2 Å². The van der Waals surface area contributed by atoms with Crippen molar-refractivity contribution < 1.29 is 14.3 Å². The first-order valence-corrected chi connectivity index (χ1v) is 11.3. The lowest BCUT2D eigenvalue weighted by Crippen LogP contribution is -2.48. The number of anilines is 2. The summed E-state index contributed by atoms with van der Waals surface area (Å²) in [6.07, 6.45) is 2.35.